The van der Waals surface area contributed by atoms with Gasteiger partial charge in [-0.1, -0.05) is 18.2 Å². The number of fused-ring (bicyclic) bond motifs is 1. The van der Waals surface area contributed by atoms with E-state index in [-0.39, 0.29) is 16.3 Å². The van der Waals surface area contributed by atoms with Crippen molar-refractivity contribution in [2.24, 2.45) is 0 Å². The number of likely N-dealkylation sites (N-methyl/N-ethyl adjacent to an activating group) is 1. The lowest BCUT2D eigenvalue weighted by molar-refractivity contribution is 0.255. The molecule has 2 aliphatic heterocycles. The highest BCUT2D eigenvalue weighted by atomic mass is 32.2. The molecular weight excluding hydrogens is 294 g/mol. The molecule has 5 heteroatoms. The molecular formula is C17H27N3OS. The molecule has 2 N–H and O–H groups in total. The first kappa shape index (κ1) is 16.1. The molecule has 1 spiro atoms. The van der Waals surface area contributed by atoms with Crippen LogP contribution < -0.4 is 14.9 Å². The lowest BCUT2D eigenvalue weighted by Gasteiger charge is -2.45. The first-order chi connectivity index (χ1) is 10.4. The maximum Gasteiger partial charge on any atom is 0.136 e. The minimum atomic E-state index is -1.07. The van der Waals surface area contributed by atoms with E-state index in [0.29, 0.717) is 0 Å². The summed E-state index contributed by atoms with van der Waals surface area (Å²) in [7, 11) is 2.19. The summed E-state index contributed by atoms with van der Waals surface area (Å²) >= 11 is -1.07. The maximum absolute atomic E-state index is 12.7. The van der Waals surface area contributed by atoms with Crippen LogP contribution in [0.4, 0.5) is 5.69 Å². The zero-order valence-corrected chi connectivity index (χ0v) is 14.8. The van der Waals surface area contributed by atoms with E-state index in [4.69, 9.17) is 0 Å². The van der Waals surface area contributed by atoms with E-state index >= 15 is 0 Å². The monoisotopic (exact) mass is 321 g/mol. The van der Waals surface area contributed by atoms with Gasteiger partial charge in [-0.3, -0.25) is 0 Å². The number of hydrogen-bond acceptors (Lipinski definition) is 4. The van der Waals surface area contributed by atoms with Crippen molar-refractivity contribution in [1.82, 2.24) is 10.0 Å². The van der Waals surface area contributed by atoms with Gasteiger partial charge in [0.15, 0.2) is 0 Å². The summed E-state index contributed by atoms with van der Waals surface area (Å²) < 4.78 is 15.9. The van der Waals surface area contributed by atoms with Crippen molar-refractivity contribution in [3.63, 3.8) is 0 Å². The number of benzene rings is 1. The molecule has 0 bridgehead atoms. The van der Waals surface area contributed by atoms with Gasteiger partial charge in [0.2, 0.25) is 0 Å². The normalized spacial score (nSPS) is 25.3. The van der Waals surface area contributed by atoms with E-state index < -0.39 is 11.4 Å². The van der Waals surface area contributed by atoms with Crippen LogP contribution in [0.3, 0.4) is 0 Å². The SMILES string of the molecule is CN1c2ccccc2[C@@H](N[S@+]([O-])C(C)(C)C)C12CCNCC2. The molecule has 122 valence electrons. The second kappa shape index (κ2) is 5.71. The van der Waals surface area contributed by atoms with E-state index in [2.05, 4.69) is 46.3 Å². The quantitative estimate of drug-likeness (QED) is 0.821. The van der Waals surface area contributed by atoms with Crippen LogP contribution in [0.1, 0.15) is 45.2 Å². The van der Waals surface area contributed by atoms with Crippen molar-refractivity contribution in [3.05, 3.63) is 29.8 Å². The molecule has 0 aromatic heterocycles. The molecule has 1 fully saturated rings. The molecule has 2 aliphatic rings. The van der Waals surface area contributed by atoms with Crippen molar-refractivity contribution in [1.29, 1.82) is 0 Å². The van der Waals surface area contributed by atoms with Gasteiger partial charge in [0, 0.05) is 24.1 Å². The lowest BCUT2D eigenvalue weighted by atomic mass is 9.81. The Morgan fingerprint density at radius 1 is 1.27 bits per heavy atom. The van der Waals surface area contributed by atoms with Gasteiger partial charge >= 0.3 is 0 Å². The number of para-hydroxylation sites is 1. The fourth-order valence-electron chi connectivity index (χ4n) is 3.70. The summed E-state index contributed by atoms with van der Waals surface area (Å²) in [6.45, 7) is 8.10. The fourth-order valence-corrected chi connectivity index (χ4v) is 4.61. The van der Waals surface area contributed by atoms with Crippen molar-refractivity contribution in [3.8, 4) is 0 Å². The zero-order valence-electron chi connectivity index (χ0n) is 14.0. The Balaban J connectivity index is 1.99. The zero-order chi connectivity index (χ0) is 16.0. The molecule has 2 heterocycles. The summed E-state index contributed by atoms with van der Waals surface area (Å²) in [6, 6.07) is 8.66. The van der Waals surface area contributed by atoms with Crippen LogP contribution >= 0.6 is 0 Å². The van der Waals surface area contributed by atoms with Gasteiger partial charge in [0.25, 0.3) is 0 Å². The minimum Gasteiger partial charge on any atom is -0.598 e. The summed E-state index contributed by atoms with van der Waals surface area (Å²) in [6.07, 6.45) is 2.13. The van der Waals surface area contributed by atoms with E-state index in [0.717, 1.165) is 25.9 Å². The third-order valence-corrected chi connectivity index (χ3v) is 6.63. The van der Waals surface area contributed by atoms with Crippen molar-refractivity contribution in [2.75, 3.05) is 25.0 Å². The number of hydrogen-bond donors (Lipinski definition) is 2. The molecule has 0 saturated carbocycles. The summed E-state index contributed by atoms with van der Waals surface area (Å²) in [5.41, 5.74) is 2.58. The molecule has 1 saturated heterocycles. The molecule has 0 aliphatic carbocycles. The fraction of sp³-hybridized carbons (Fsp3) is 0.647. The standard InChI is InChI=1S/C17H27N3OS/c1-16(2,3)22(21)19-15-13-7-5-6-8-14(13)20(4)17(15)9-11-18-12-10-17/h5-8,15,18-19H,9-12H2,1-4H3/t15-,22-/m1/s1. The second-order valence-corrected chi connectivity index (χ2v) is 9.40. The third-order valence-electron chi connectivity index (χ3n) is 5.06. The lowest BCUT2D eigenvalue weighted by Crippen LogP contribution is -2.58. The van der Waals surface area contributed by atoms with E-state index in [1.54, 1.807) is 0 Å². The van der Waals surface area contributed by atoms with Crippen LogP contribution in [0.5, 0.6) is 0 Å². The summed E-state index contributed by atoms with van der Waals surface area (Å²) in [5.74, 6) is 0. The highest BCUT2D eigenvalue weighted by Gasteiger charge is 2.52. The first-order valence-electron chi connectivity index (χ1n) is 8.08. The summed E-state index contributed by atoms with van der Waals surface area (Å²) in [5, 5.41) is 3.46. The molecule has 0 unspecified atom stereocenters. The number of piperidine rings is 1. The Bertz CT molecular complexity index is 537. The Morgan fingerprint density at radius 3 is 2.55 bits per heavy atom. The third kappa shape index (κ3) is 2.54. The Kier molecular flexibility index (Phi) is 4.18. The largest absolute Gasteiger partial charge is 0.598 e. The van der Waals surface area contributed by atoms with Crippen LogP contribution in [0.25, 0.3) is 0 Å². The average molecular weight is 321 g/mol. The van der Waals surface area contributed by atoms with Gasteiger partial charge in [-0.2, -0.15) is 0 Å². The van der Waals surface area contributed by atoms with Crippen LogP contribution in [-0.4, -0.2) is 35.0 Å². The van der Waals surface area contributed by atoms with Gasteiger partial charge in [-0.15, -0.1) is 4.72 Å². The Labute approximate surface area is 137 Å². The number of nitrogens with zero attached hydrogens (tertiary/aromatic N) is 1. The van der Waals surface area contributed by atoms with E-state index in [1.165, 1.54) is 11.3 Å². The van der Waals surface area contributed by atoms with Crippen molar-refractivity contribution in [2.45, 2.75) is 49.9 Å². The topological polar surface area (TPSA) is 50.4 Å². The molecule has 4 nitrogen and oxygen atoms in total. The molecule has 2 atom stereocenters. The average Bonchev–Trinajstić information content (AvgIpc) is 2.71. The van der Waals surface area contributed by atoms with Crippen molar-refractivity contribution >= 4 is 17.0 Å². The van der Waals surface area contributed by atoms with Crippen LogP contribution in [0, 0.1) is 0 Å². The van der Waals surface area contributed by atoms with Crippen LogP contribution in [0.15, 0.2) is 24.3 Å². The smallest absolute Gasteiger partial charge is 0.136 e. The van der Waals surface area contributed by atoms with E-state index in [1.807, 2.05) is 20.8 Å². The van der Waals surface area contributed by atoms with Crippen LogP contribution in [-0.2, 0) is 11.4 Å². The van der Waals surface area contributed by atoms with Gasteiger partial charge in [0.05, 0.1) is 5.54 Å². The summed E-state index contributed by atoms with van der Waals surface area (Å²) in [4.78, 5) is 2.42. The number of rotatable bonds is 2. The number of anilines is 1. The Morgan fingerprint density at radius 2 is 1.91 bits per heavy atom. The molecule has 22 heavy (non-hydrogen) atoms. The predicted octanol–water partition coefficient (Wildman–Crippen LogP) is 2.35. The molecule has 1 aromatic carbocycles. The van der Waals surface area contributed by atoms with Gasteiger partial charge in [0.1, 0.15) is 10.8 Å². The Hall–Kier alpha value is -0.750. The van der Waals surface area contributed by atoms with Gasteiger partial charge < -0.3 is 14.8 Å². The van der Waals surface area contributed by atoms with Crippen molar-refractivity contribution < 1.29 is 4.55 Å². The minimum absolute atomic E-state index is 0.0237. The van der Waals surface area contributed by atoms with Crippen LogP contribution in [0.2, 0.25) is 0 Å². The van der Waals surface area contributed by atoms with E-state index in [9.17, 15) is 4.55 Å². The van der Waals surface area contributed by atoms with Gasteiger partial charge in [-0.05, 0) is 58.3 Å². The second-order valence-electron chi connectivity index (χ2n) is 7.40. The highest BCUT2D eigenvalue weighted by Crippen LogP contribution is 2.50. The highest BCUT2D eigenvalue weighted by molar-refractivity contribution is 7.90. The van der Waals surface area contributed by atoms with Gasteiger partial charge in [-0.25, -0.2) is 0 Å². The first-order valence-corrected chi connectivity index (χ1v) is 9.23. The molecule has 3 rings (SSSR count). The number of nitrogens with one attached hydrogen (secondary N) is 2. The maximum atomic E-state index is 12.7. The predicted molar refractivity (Wildman–Crippen MR) is 93.5 cm³/mol. The molecule has 0 radical (unpaired) electrons. The molecule has 1 aromatic rings. The molecule has 0 amide bonds.